The summed E-state index contributed by atoms with van der Waals surface area (Å²) in [5.74, 6) is 0. The molecule has 0 aliphatic heterocycles. The standard InChI is InChI=1S/C13H24N2S/c1-7-13(8-2,15-9(3)4)12-14-10(5)11(6)16-12/h9,15H,7-8H2,1-6H3. The van der Waals surface area contributed by atoms with Crippen LogP contribution in [0.5, 0.6) is 0 Å². The van der Waals surface area contributed by atoms with Crippen molar-refractivity contribution in [3.63, 3.8) is 0 Å². The van der Waals surface area contributed by atoms with E-state index in [0.29, 0.717) is 6.04 Å². The summed E-state index contributed by atoms with van der Waals surface area (Å²) >= 11 is 1.84. The normalized spacial score (nSPS) is 12.4. The molecular weight excluding hydrogens is 216 g/mol. The topological polar surface area (TPSA) is 24.9 Å². The maximum absolute atomic E-state index is 4.73. The van der Waals surface area contributed by atoms with Crippen LogP contribution < -0.4 is 5.32 Å². The van der Waals surface area contributed by atoms with Crippen LogP contribution in [-0.2, 0) is 5.54 Å². The lowest BCUT2D eigenvalue weighted by molar-refractivity contribution is 0.282. The van der Waals surface area contributed by atoms with E-state index in [0.717, 1.165) is 12.8 Å². The highest BCUT2D eigenvalue weighted by atomic mass is 32.1. The van der Waals surface area contributed by atoms with E-state index in [1.54, 1.807) is 0 Å². The minimum Gasteiger partial charge on any atom is -0.303 e. The Labute approximate surface area is 103 Å². The molecule has 0 aliphatic rings. The number of hydrogen-bond acceptors (Lipinski definition) is 3. The molecule has 0 saturated heterocycles. The molecule has 0 bridgehead atoms. The number of hydrogen-bond donors (Lipinski definition) is 1. The minimum atomic E-state index is 0.0673. The average Bonchev–Trinajstić information content (AvgIpc) is 2.56. The summed E-state index contributed by atoms with van der Waals surface area (Å²) in [7, 11) is 0. The van der Waals surface area contributed by atoms with Crippen molar-refractivity contribution in [2.75, 3.05) is 0 Å². The third kappa shape index (κ3) is 2.64. The summed E-state index contributed by atoms with van der Waals surface area (Å²) in [6, 6.07) is 0.490. The average molecular weight is 240 g/mol. The summed E-state index contributed by atoms with van der Waals surface area (Å²) in [5, 5.41) is 4.95. The molecular formula is C13H24N2S. The zero-order chi connectivity index (χ0) is 12.3. The van der Waals surface area contributed by atoms with Gasteiger partial charge in [-0.3, -0.25) is 0 Å². The van der Waals surface area contributed by atoms with Crippen molar-refractivity contribution in [1.82, 2.24) is 10.3 Å². The first-order chi connectivity index (χ1) is 7.45. The van der Waals surface area contributed by atoms with Crippen LogP contribution in [0.4, 0.5) is 0 Å². The molecule has 3 heteroatoms. The van der Waals surface area contributed by atoms with Gasteiger partial charge in [-0.25, -0.2) is 4.98 Å². The number of nitrogens with one attached hydrogen (secondary N) is 1. The number of thiazole rings is 1. The first kappa shape index (κ1) is 13.7. The zero-order valence-corrected chi connectivity index (χ0v) is 12.2. The van der Waals surface area contributed by atoms with E-state index in [1.807, 2.05) is 11.3 Å². The molecule has 1 rings (SSSR count). The molecule has 1 aromatic heterocycles. The van der Waals surface area contributed by atoms with Gasteiger partial charge in [0, 0.05) is 10.9 Å². The molecule has 0 aliphatic carbocycles. The van der Waals surface area contributed by atoms with Crippen LogP contribution in [0, 0.1) is 13.8 Å². The minimum absolute atomic E-state index is 0.0673. The van der Waals surface area contributed by atoms with Crippen molar-refractivity contribution in [1.29, 1.82) is 0 Å². The van der Waals surface area contributed by atoms with Crippen LogP contribution in [0.2, 0.25) is 0 Å². The summed E-state index contributed by atoms with van der Waals surface area (Å²) in [5.41, 5.74) is 1.24. The van der Waals surface area contributed by atoms with Crippen molar-refractivity contribution in [2.45, 2.75) is 66.0 Å². The lowest BCUT2D eigenvalue weighted by Crippen LogP contribution is -2.45. The van der Waals surface area contributed by atoms with Gasteiger partial charge < -0.3 is 5.32 Å². The quantitative estimate of drug-likeness (QED) is 0.847. The van der Waals surface area contributed by atoms with Crippen molar-refractivity contribution < 1.29 is 0 Å². The van der Waals surface area contributed by atoms with Crippen LogP contribution in [0.25, 0.3) is 0 Å². The fraction of sp³-hybridized carbons (Fsp3) is 0.769. The Balaban J connectivity index is 3.09. The molecule has 0 unspecified atom stereocenters. The second-order valence-electron chi connectivity index (χ2n) is 4.75. The first-order valence-corrected chi connectivity index (χ1v) is 6.99. The summed E-state index contributed by atoms with van der Waals surface area (Å²) in [6.45, 7) is 13.1. The molecule has 2 nitrogen and oxygen atoms in total. The Morgan fingerprint density at radius 1 is 1.25 bits per heavy atom. The van der Waals surface area contributed by atoms with Crippen LogP contribution in [0.1, 0.15) is 56.1 Å². The van der Waals surface area contributed by atoms with Gasteiger partial charge in [0.2, 0.25) is 0 Å². The third-order valence-corrected chi connectivity index (χ3v) is 4.49. The van der Waals surface area contributed by atoms with Crippen molar-refractivity contribution in [3.05, 3.63) is 15.6 Å². The van der Waals surface area contributed by atoms with E-state index in [2.05, 4.69) is 46.9 Å². The Hall–Kier alpha value is -0.410. The number of nitrogens with zero attached hydrogens (tertiary/aromatic N) is 1. The van der Waals surface area contributed by atoms with Gasteiger partial charge in [-0.15, -0.1) is 11.3 Å². The van der Waals surface area contributed by atoms with Crippen LogP contribution in [0.15, 0.2) is 0 Å². The van der Waals surface area contributed by atoms with E-state index in [4.69, 9.17) is 4.98 Å². The summed E-state index contributed by atoms with van der Waals surface area (Å²) < 4.78 is 0. The predicted octanol–water partition coefficient (Wildman–Crippen LogP) is 3.77. The van der Waals surface area contributed by atoms with Gasteiger partial charge in [0.05, 0.1) is 11.2 Å². The highest BCUT2D eigenvalue weighted by Crippen LogP contribution is 2.33. The fourth-order valence-corrected chi connectivity index (χ4v) is 3.26. The predicted molar refractivity (Wildman–Crippen MR) is 72.1 cm³/mol. The molecule has 0 aromatic carbocycles. The fourth-order valence-electron chi connectivity index (χ4n) is 2.05. The van der Waals surface area contributed by atoms with Gasteiger partial charge >= 0.3 is 0 Å². The van der Waals surface area contributed by atoms with E-state index in [1.165, 1.54) is 15.6 Å². The molecule has 0 spiro atoms. The second kappa shape index (κ2) is 5.28. The zero-order valence-electron chi connectivity index (χ0n) is 11.3. The maximum atomic E-state index is 4.73. The van der Waals surface area contributed by atoms with E-state index in [9.17, 15) is 0 Å². The second-order valence-corrected chi connectivity index (χ2v) is 5.95. The Kier molecular flexibility index (Phi) is 4.51. The molecule has 0 atom stereocenters. The first-order valence-electron chi connectivity index (χ1n) is 6.17. The van der Waals surface area contributed by atoms with Crippen molar-refractivity contribution in [3.8, 4) is 0 Å². The molecule has 0 radical (unpaired) electrons. The van der Waals surface area contributed by atoms with E-state index in [-0.39, 0.29) is 5.54 Å². The SMILES string of the molecule is CCC(CC)(NC(C)C)c1nc(C)c(C)s1. The molecule has 0 saturated carbocycles. The van der Waals surface area contributed by atoms with Gasteiger partial charge in [-0.1, -0.05) is 13.8 Å². The van der Waals surface area contributed by atoms with Gasteiger partial charge in [0.25, 0.3) is 0 Å². The molecule has 1 aromatic rings. The highest BCUT2D eigenvalue weighted by molar-refractivity contribution is 7.11. The van der Waals surface area contributed by atoms with E-state index >= 15 is 0 Å². The van der Waals surface area contributed by atoms with E-state index < -0.39 is 0 Å². The third-order valence-electron chi connectivity index (χ3n) is 3.21. The molecule has 1 heterocycles. The number of aromatic nitrogens is 1. The monoisotopic (exact) mass is 240 g/mol. The molecule has 1 N–H and O–H groups in total. The Bertz CT molecular complexity index is 318. The Morgan fingerprint density at radius 2 is 1.81 bits per heavy atom. The van der Waals surface area contributed by atoms with Gasteiger partial charge in [0.1, 0.15) is 5.01 Å². The molecule has 0 amide bonds. The molecule has 16 heavy (non-hydrogen) atoms. The van der Waals surface area contributed by atoms with Crippen LogP contribution in [0.3, 0.4) is 0 Å². The Morgan fingerprint density at radius 3 is 2.12 bits per heavy atom. The molecule has 92 valence electrons. The number of rotatable bonds is 5. The smallest absolute Gasteiger partial charge is 0.113 e. The van der Waals surface area contributed by atoms with Crippen LogP contribution in [-0.4, -0.2) is 11.0 Å². The van der Waals surface area contributed by atoms with Gasteiger partial charge in [-0.2, -0.15) is 0 Å². The van der Waals surface area contributed by atoms with Crippen molar-refractivity contribution in [2.24, 2.45) is 0 Å². The number of aryl methyl sites for hydroxylation is 2. The molecule has 0 fully saturated rings. The van der Waals surface area contributed by atoms with Crippen molar-refractivity contribution >= 4 is 11.3 Å². The van der Waals surface area contributed by atoms with Gasteiger partial charge in [0.15, 0.2) is 0 Å². The lowest BCUT2D eigenvalue weighted by Gasteiger charge is -2.33. The lowest BCUT2D eigenvalue weighted by atomic mass is 9.92. The largest absolute Gasteiger partial charge is 0.303 e. The summed E-state index contributed by atoms with van der Waals surface area (Å²) in [4.78, 5) is 6.07. The highest BCUT2D eigenvalue weighted by Gasteiger charge is 2.32. The van der Waals surface area contributed by atoms with Crippen LogP contribution >= 0.6 is 11.3 Å². The maximum Gasteiger partial charge on any atom is 0.113 e. The summed E-state index contributed by atoms with van der Waals surface area (Å²) in [6.07, 6.45) is 2.18. The van der Waals surface area contributed by atoms with Gasteiger partial charge in [-0.05, 0) is 40.5 Å².